The number of aromatic nitrogens is 2. The number of fused-ring (bicyclic) bond motifs is 1. The molecule has 1 aromatic carbocycles. The van der Waals surface area contributed by atoms with Gasteiger partial charge in [0, 0.05) is 31.3 Å². The molecule has 2 aromatic heterocycles. The quantitative estimate of drug-likeness (QED) is 0.641. The Morgan fingerprint density at radius 1 is 1.27 bits per heavy atom. The summed E-state index contributed by atoms with van der Waals surface area (Å²) in [6.45, 7) is 10.3. The van der Waals surface area contributed by atoms with Crippen molar-refractivity contribution in [2.24, 2.45) is 0 Å². The number of hydrogen-bond acceptors (Lipinski definition) is 4. The Morgan fingerprint density at radius 3 is 2.63 bits per heavy atom. The number of methoxy groups -OCH3 is 1. The molecule has 1 aliphatic rings. The average Bonchev–Trinajstić information content (AvgIpc) is 2.99. The van der Waals surface area contributed by atoms with E-state index < -0.39 is 0 Å². The zero-order valence-corrected chi connectivity index (χ0v) is 18.4. The fourth-order valence-corrected chi connectivity index (χ4v) is 4.21. The van der Waals surface area contributed by atoms with Gasteiger partial charge in [-0.2, -0.15) is 0 Å². The van der Waals surface area contributed by atoms with Gasteiger partial charge >= 0.3 is 0 Å². The van der Waals surface area contributed by atoms with Gasteiger partial charge in [0.15, 0.2) is 5.82 Å². The molecule has 6 nitrogen and oxygen atoms in total. The molecule has 1 aliphatic heterocycles. The van der Waals surface area contributed by atoms with Crippen molar-refractivity contribution in [1.29, 1.82) is 0 Å². The number of pyridine rings is 1. The number of H-pyrrole nitrogens is 1. The number of likely N-dealkylation sites (tertiary alicyclic amines) is 1. The molecule has 0 spiro atoms. The lowest BCUT2D eigenvalue weighted by Crippen LogP contribution is -2.53. The van der Waals surface area contributed by atoms with Crippen LogP contribution in [-0.4, -0.2) is 47.1 Å². The number of nitrogens with one attached hydrogen (secondary N) is 2. The summed E-state index contributed by atoms with van der Waals surface area (Å²) in [7, 11) is 1.67. The van der Waals surface area contributed by atoms with Gasteiger partial charge in [0.05, 0.1) is 18.2 Å². The number of carbonyl (C=O) groups excluding carboxylic acids is 1. The van der Waals surface area contributed by atoms with Gasteiger partial charge in [-0.3, -0.25) is 4.79 Å². The summed E-state index contributed by atoms with van der Waals surface area (Å²) in [6.07, 6.45) is 0.974. The van der Waals surface area contributed by atoms with Gasteiger partial charge in [-0.25, -0.2) is 4.98 Å². The molecular formula is C24H30N4O2. The molecule has 6 heteroatoms. The maximum absolute atomic E-state index is 13.2. The third-order valence-electron chi connectivity index (χ3n) is 6.36. The molecule has 4 rings (SSSR count). The molecular weight excluding hydrogens is 376 g/mol. The zero-order valence-electron chi connectivity index (χ0n) is 18.4. The topological polar surface area (TPSA) is 70.2 Å². The molecule has 0 bridgehead atoms. The van der Waals surface area contributed by atoms with E-state index in [2.05, 4.69) is 56.2 Å². The molecule has 1 fully saturated rings. The maximum atomic E-state index is 13.2. The van der Waals surface area contributed by atoms with Crippen LogP contribution in [0.3, 0.4) is 0 Å². The van der Waals surface area contributed by atoms with Crippen LogP contribution in [0.2, 0.25) is 0 Å². The van der Waals surface area contributed by atoms with E-state index in [9.17, 15) is 4.79 Å². The third-order valence-corrected chi connectivity index (χ3v) is 6.36. The molecule has 3 aromatic rings. The number of aromatic amines is 1. The Balaban J connectivity index is 1.69. The summed E-state index contributed by atoms with van der Waals surface area (Å²) in [5, 5.41) is 4.54. The molecule has 30 heavy (non-hydrogen) atoms. The molecule has 1 atom stereocenters. The molecule has 158 valence electrons. The number of amides is 1. The molecule has 0 saturated carbocycles. The third kappa shape index (κ3) is 3.56. The highest BCUT2D eigenvalue weighted by Gasteiger charge is 2.33. The number of ether oxygens (including phenoxy) is 1. The number of hydrogen-bond donors (Lipinski definition) is 2. The van der Waals surface area contributed by atoms with Crippen LogP contribution < -0.4 is 5.32 Å². The molecule has 2 N–H and O–H groups in total. The second-order valence-electron chi connectivity index (χ2n) is 8.27. The van der Waals surface area contributed by atoms with Crippen molar-refractivity contribution >= 4 is 22.6 Å². The monoisotopic (exact) mass is 406 g/mol. The molecule has 1 saturated heterocycles. The second-order valence-corrected chi connectivity index (χ2v) is 8.27. The van der Waals surface area contributed by atoms with Crippen LogP contribution >= 0.6 is 0 Å². The van der Waals surface area contributed by atoms with Crippen molar-refractivity contribution in [3.05, 3.63) is 57.9 Å². The van der Waals surface area contributed by atoms with Crippen molar-refractivity contribution in [2.75, 3.05) is 25.6 Å². The number of nitrogens with zero attached hydrogens (tertiary/aromatic N) is 2. The van der Waals surface area contributed by atoms with Crippen LogP contribution in [0, 0.1) is 27.7 Å². The molecule has 0 radical (unpaired) electrons. The predicted octanol–water partition coefficient (Wildman–Crippen LogP) is 4.27. The van der Waals surface area contributed by atoms with Crippen molar-refractivity contribution in [3.8, 4) is 0 Å². The average molecular weight is 407 g/mol. The maximum Gasteiger partial charge on any atom is 0.272 e. The lowest BCUT2D eigenvalue weighted by Gasteiger charge is -2.40. The lowest BCUT2D eigenvalue weighted by atomic mass is 10.0. The first-order chi connectivity index (χ1) is 14.4. The number of anilines is 1. The van der Waals surface area contributed by atoms with Gasteiger partial charge in [-0.15, -0.1) is 0 Å². The first-order valence-corrected chi connectivity index (χ1v) is 10.5. The van der Waals surface area contributed by atoms with Crippen molar-refractivity contribution in [2.45, 2.75) is 46.7 Å². The molecule has 3 heterocycles. The summed E-state index contributed by atoms with van der Waals surface area (Å²) in [5.41, 5.74) is 7.41. The van der Waals surface area contributed by atoms with Crippen LogP contribution in [0.25, 0.3) is 10.9 Å². The Bertz CT molecular complexity index is 1080. The number of aryl methyl sites for hydroxylation is 4. The summed E-state index contributed by atoms with van der Waals surface area (Å²) in [5.74, 6) is 0.692. The Kier molecular flexibility index (Phi) is 5.52. The van der Waals surface area contributed by atoms with E-state index in [1.807, 2.05) is 11.0 Å². The van der Waals surface area contributed by atoms with Gasteiger partial charge in [0.2, 0.25) is 0 Å². The van der Waals surface area contributed by atoms with E-state index in [4.69, 9.17) is 9.72 Å². The standard InChI is InChI=1S/C24H30N4O2/c1-14-7-6-8-15(2)20(14)12-25-23-22-19(16(3)17(4)26-22)11-21(27-23)24(29)28-10-9-18(28)13-30-5/h6-8,11,18,26H,9-10,12-13H2,1-5H3,(H,25,27). The van der Waals surface area contributed by atoms with Crippen LogP contribution in [-0.2, 0) is 11.3 Å². The van der Waals surface area contributed by atoms with Crippen LogP contribution in [0.15, 0.2) is 24.3 Å². The van der Waals surface area contributed by atoms with Crippen LogP contribution in [0.4, 0.5) is 5.82 Å². The van der Waals surface area contributed by atoms with E-state index in [0.717, 1.165) is 40.9 Å². The van der Waals surface area contributed by atoms with E-state index in [-0.39, 0.29) is 11.9 Å². The van der Waals surface area contributed by atoms with Gasteiger partial charge in [-0.1, -0.05) is 18.2 Å². The Labute approximate surface area is 177 Å². The van der Waals surface area contributed by atoms with Crippen LogP contribution in [0.5, 0.6) is 0 Å². The van der Waals surface area contributed by atoms with E-state index in [0.29, 0.717) is 18.8 Å². The van der Waals surface area contributed by atoms with Crippen molar-refractivity contribution in [3.63, 3.8) is 0 Å². The fraction of sp³-hybridized carbons (Fsp3) is 0.417. The second kappa shape index (κ2) is 8.11. The summed E-state index contributed by atoms with van der Waals surface area (Å²) < 4.78 is 5.26. The smallest absolute Gasteiger partial charge is 0.272 e. The first kappa shape index (κ1) is 20.4. The molecule has 1 amide bonds. The number of rotatable bonds is 6. The molecule has 1 unspecified atom stereocenters. The Morgan fingerprint density at radius 2 is 2.00 bits per heavy atom. The Hall–Kier alpha value is -2.86. The van der Waals surface area contributed by atoms with Gasteiger partial charge in [0.25, 0.3) is 5.91 Å². The lowest BCUT2D eigenvalue weighted by molar-refractivity contribution is 0.0197. The molecule has 0 aliphatic carbocycles. The highest BCUT2D eigenvalue weighted by molar-refractivity contribution is 6.01. The predicted molar refractivity (Wildman–Crippen MR) is 120 cm³/mol. The highest BCUT2D eigenvalue weighted by Crippen LogP contribution is 2.30. The zero-order chi connectivity index (χ0) is 21.4. The minimum atomic E-state index is -0.0291. The number of carbonyl (C=O) groups is 1. The largest absolute Gasteiger partial charge is 0.383 e. The van der Waals surface area contributed by atoms with Gasteiger partial charge in [-0.05, 0) is 62.4 Å². The SMILES string of the molecule is COCC1CCN1C(=O)c1cc2c(C)c(C)[nH]c2c(NCc2c(C)cccc2C)n1. The summed E-state index contributed by atoms with van der Waals surface area (Å²) in [4.78, 5) is 23.2. The van der Waals surface area contributed by atoms with Crippen molar-refractivity contribution < 1.29 is 9.53 Å². The van der Waals surface area contributed by atoms with Crippen LogP contribution in [0.1, 0.15) is 44.9 Å². The van der Waals surface area contributed by atoms with E-state index in [1.165, 1.54) is 16.7 Å². The van der Waals surface area contributed by atoms with Gasteiger partial charge < -0.3 is 19.9 Å². The fourth-order valence-electron chi connectivity index (χ4n) is 4.21. The normalized spacial score (nSPS) is 16.0. The minimum Gasteiger partial charge on any atom is -0.383 e. The minimum absolute atomic E-state index is 0.0291. The summed E-state index contributed by atoms with van der Waals surface area (Å²) in [6, 6.07) is 8.37. The van der Waals surface area contributed by atoms with E-state index in [1.54, 1.807) is 7.11 Å². The van der Waals surface area contributed by atoms with E-state index >= 15 is 0 Å². The van der Waals surface area contributed by atoms with Gasteiger partial charge in [0.1, 0.15) is 5.69 Å². The first-order valence-electron chi connectivity index (χ1n) is 10.5. The highest BCUT2D eigenvalue weighted by atomic mass is 16.5. The van der Waals surface area contributed by atoms with Crippen molar-refractivity contribution in [1.82, 2.24) is 14.9 Å². The summed E-state index contributed by atoms with van der Waals surface area (Å²) >= 11 is 0. The number of benzene rings is 1.